The average Bonchev–Trinajstić information content (AvgIpc) is 3.27. The third kappa shape index (κ3) is 3.69. The third-order valence-corrected chi connectivity index (χ3v) is 6.54. The van der Waals surface area contributed by atoms with E-state index in [-0.39, 0.29) is 11.9 Å². The second-order valence-corrected chi connectivity index (χ2v) is 8.49. The Labute approximate surface area is 161 Å². The van der Waals surface area contributed by atoms with Crippen LogP contribution < -0.4 is 5.32 Å². The summed E-state index contributed by atoms with van der Waals surface area (Å²) < 4.78 is 0. The minimum absolute atomic E-state index is 0.00395. The summed E-state index contributed by atoms with van der Waals surface area (Å²) in [6.07, 6.45) is 2.00. The number of thioether (sulfide) groups is 1. The van der Waals surface area contributed by atoms with E-state index in [2.05, 4.69) is 33.9 Å². The van der Waals surface area contributed by atoms with E-state index in [1.807, 2.05) is 37.3 Å². The van der Waals surface area contributed by atoms with Crippen LogP contribution in [-0.2, 0) is 12.2 Å². The van der Waals surface area contributed by atoms with Gasteiger partial charge in [0.05, 0.1) is 22.3 Å². The van der Waals surface area contributed by atoms with Crippen molar-refractivity contribution in [3.63, 3.8) is 0 Å². The van der Waals surface area contributed by atoms with E-state index in [9.17, 15) is 4.79 Å². The number of carbonyl (C=O) groups is 1. The van der Waals surface area contributed by atoms with Gasteiger partial charge in [0, 0.05) is 16.0 Å². The molecule has 2 aromatic carbocycles. The predicted molar refractivity (Wildman–Crippen MR) is 108 cm³/mol. The van der Waals surface area contributed by atoms with Crippen LogP contribution in [0.5, 0.6) is 0 Å². The Morgan fingerprint density at radius 2 is 2.04 bits per heavy atom. The molecule has 5 heteroatoms. The monoisotopic (exact) mass is 380 g/mol. The average molecular weight is 381 g/mol. The number of hydrogen-bond donors (Lipinski definition) is 1. The van der Waals surface area contributed by atoms with Gasteiger partial charge in [0.1, 0.15) is 0 Å². The number of nitrogens with zero attached hydrogens (tertiary/aromatic N) is 1. The maximum absolute atomic E-state index is 12.9. The summed E-state index contributed by atoms with van der Waals surface area (Å²) in [5.74, 6) is 0.783. The van der Waals surface area contributed by atoms with Crippen molar-refractivity contribution in [1.82, 2.24) is 10.3 Å². The number of aryl methyl sites for hydroxylation is 2. The van der Waals surface area contributed by atoms with Crippen molar-refractivity contribution < 1.29 is 4.79 Å². The van der Waals surface area contributed by atoms with Gasteiger partial charge in [0.25, 0.3) is 5.91 Å². The number of aromatic nitrogens is 1. The molecule has 0 aliphatic heterocycles. The lowest BCUT2D eigenvalue weighted by Crippen LogP contribution is -2.27. The maximum Gasteiger partial charge on any atom is 0.252 e. The van der Waals surface area contributed by atoms with Gasteiger partial charge in [-0.05, 0) is 43.0 Å². The normalized spacial score (nSPS) is 15.7. The number of hydrogen-bond acceptors (Lipinski definition) is 4. The molecule has 0 spiro atoms. The van der Waals surface area contributed by atoms with Crippen molar-refractivity contribution in [3.8, 4) is 0 Å². The van der Waals surface area contributed by atoms with Crippen molar-refractivity contribution in [1.29, 1.82) is 0 Å². The summed E-state index contributed by atoms with van der Waals surface area (Å²) in [5, 5.41) is 6.39. The summed E-state index contributed by atoms with van der Waals surface area (Å²) >= 11 is 3.33. The number of carbonyl (C=O) groups excluding carboxylic acids is 1. The van der Waals surface area contributed by atoms with Gasteiger partial charge in [-0.15, -0.1) is 23.1 Å². The number of thiazole rings is 1. The van der Waals surface area contributed by atoms with Gasteiger partial charge in [-0.1, -0.05) is 36.4 Å². The molecule has 26 heavy (non-hydrogen) atoms. The molecule has 1 aromatic heterocycles. The van der Waals surface area contributed by atoms with Crippen LogP contribution in [-0.4, -0.2) is 10.9 Å². The highest BCUT2D eigenvalue weighted by Crippen LogP contribution is 2.32. The smallest absolute Gasteiger partial charge is 0.252 e. The second kappa shape index (κ2) is 7.64. The van der Waals surface area contributed by atoms with E-state index in [0.717, 1.165) is 39.8 Å². The van der Waals surface area contributed by atoms with E-state index < -0.39 is 0 Å². The first-order chi connectivity index (χ1) is 12.7. The zero-order valence-electron chi connectivity index (χ0n) is 14.6. The van der Waals surface area contributed by atoms with Gasteiger partial charge in [-0.25, -0.2) is 4.98 Å². The molecule has 0 bridgehead atoms. The molecule has 3 nitrogen and oxygen atoms in total. The fourth-order valence-corrected chi connectivity index (χ4v) is 5.01. The highest BCUT2D eigenvalue weighted by atomic mass is 32.2. The molecule has 132 valence electrons. The van der Waals surface area contributed by atoms with Crippen LogP contribution in [0.3, 0.4) is 0 Å². The number of fused-ring (bicyclic) bond motifs is 1. The molecule has 1 atom stereocenters. The molecular weight excluding hydrogens is 360 g/mol. The molecule has 0 saturated heterocycles. The van der Waals surface area contributed by atoms with Crippen LogP contribution >= 0.6 is 23.1 Å². The van der Waals surface area contributed by atoms with Gasteiger partial charge >= 0.3 is 0 Å². The highest BCUT2D eigenvalue weighted by Gasteiger charge is 2.24. The minimum Gasteiger partial charge on any atom is -0.345 e. The first kappa shape index (κ1) is 17.3. The highest BCUT2D eigenvalue weighted by molar-refractivity contribution is 7.98. The number of rotatable bonds is 5. The minimum atomic E-state index is 0.00395. The summed E-state index contributed by atoms with van der Waals surface area (Å²) in [6.45, 7) is 2.01. The SMILES string of the molecule is Cc1nc(CSc2ccccc2C(=O)NC2CCc3ccccc32)cs1. The molecule has 3 aromatic rings. The van der Waals surface area contributed by atoms with Gasteiger partial charge < -0.3 is 5.32 Å². The molecule has 1 aliphatic carbocycles. The summed E-state index contributed by atoms with van der Waals surface area (Å²) in [7, 11) is 0. The van der Waals surface area contributed by atoms with Gasteiger partial charge in [0.15, 0.2) is 0 Å². The summed E-state index contributed by atoms with van der Waals surface area (Å²) in [4.78, 5) is 18.4. The van der Waals surface area contributed by atoms with Crippen molar-refractivity contribution in [3.05, 3.63) is 81.3 Å². The fourth-order valence-electron chi connectivity index (χ4n) is 3.35. The topological polar surface area (TPSA) is 42.0 Å². The van der Waals surface area contributed by atoms with Crippen molar-refractivity contribution >= 4 is 29.0 Å². The number of benzene rings is 2. The van der Waals surface area contributed by atoms with Crippen molar-refractivity contribution in [2.75, 3.05) is 0 Å². The Morgan fingerprint density at radius 3 is 2.88 bits per heavy atom. The molecule has 1 amide bonds. The fraction of sp³-hybridized carbons (Fsp3) is 0.238. The Hall–Kier alpha value is -2.11. The second-order valence-electron chi connectivity index (χ2n) is 6.41. The Kier molecular flexibility index (Phi) is 5.09. The first-order valence-electron chi connectivity index (χ1n) is 8.72. The molecule has 0 saturated carbocycles. The van der Waals surface area contributed by atoms with Crippen LogP contribution in [0.25, 0.3) is 0 Å². The van der Waals surface area contributed by atoms with E-state index >= 15 is 0 Å². The molecule has 1 heterocycles. The largest absolute Gasteiger partial charge is 0.345 e. The van der Waals surface area contributed by atoms with Gasteiger partial charge in [-0.2, -0.15) is 0 Å². The van der Waals surface area contributed by atoms with Crippen LogP contribution in [0.4, 0.5) is 0 Å². The van der Waals surface area contributed by atoms with Crippen molar-refractivity contribution in [2.24, 2.45) is 0 Å². The molecule has 0 fully saturated rings. The molecule has 1 N–H and O–H groups in total. The standard InChI is InChI=1S/C21H20N2OS2/c1-14-22-16(12-25-14)13-26-20-9-5-4-8-18(20)21(24)23-19-11-10-15-6-2-3-7-17(15)19/h2-9,12,19H,10-11,13H2,1H3,(H,23,24). The summed E-state index contributed by atoms with van der Waals surface area (Å²) in [6, 6.07) is 16.3. The number of nitrogens with one attached hydrogen (secondary N) is 1. The van der Waals surface area contributed by atoms with Crippen LogP contribution in [0.2, 0.25) is 0 Å². The lowest BCUT2D eigenvalue weighted by atomic mass is 10.1. The van der Waals surface area contributed by atoms with E-state index in [4.69, 9.17) is 0 Å². The Morgan fingerprint density at radius 1 is 1.23 bits per heavy atom. The predicted octanol–water partition coefficient (Wildman–Crippen LogP) is 5.16. The van der Waals surface area contributed by atoms with E-state index in [1.54, 1.807) is 23.1 Å². The molecular formula is C21H20N2OS2. The lowest BCUT2D eigenvalue weighted by molar-refractivity contribution is 0.0934. The number of amides is 1. The maximum atomic E-state index is 12.9. The first-order valence-corrected chi connectivity index (χ1v) is 10.6. The van der Waals surface area contributed by atoms with Gasteiger partial charge in [-0.3, -0.25) is 4.79 Å². The van der Waals surface area contributed by atoms with E-state index in [0.29, 0.717) is 0 Å². The lowest BCUT2D eigenvalue weighted by Gasteiger charge is -2.15. The van der Waals surface area contributed by atoms with E-state index in [1.165, 1.54) is 11.1 Å². The van der Waals surface area contributed by atoms with Gasteiger partial charge in [0.2, 0.25) is 0 Å². The molecule has 0 radical (unpaired) electrons. The van der Waals surface area contributed by atoms with Crippen LogP contribution in [0, 0.1) is 6.92 Å². The Bertz CT molecular complexity index is 935. The molecule has 1 unspecified atom stereocenters. The Balaban J connectivity index is 1.48. The zero-order valence-corrected chi connectivity index (χ0v) is 16.2. The summed E-state index contributed by atoms with van der Waals surface area (Å²) in [5.41, 5.74) is 4.41. The zero-order chi connectivity index (χ0) is 17.9. The third-order valence-electron chi connectivity index (χ3n) is 4.61. The molecule has 1 aliphatic rings. The van der Waals surface area contributed by atoms with Crippen LogP contribution in [0.1, 0.15) is 44.6 Å². The van der Waals surface area contributed by atoms with Crippen molar-refractivity contribution in [2.45, 2.75) is 36.5 Å². The van der Waals surface area contributed by atoms with Crippen LogP contribution in [0.15, 0.2) is 58.8 Å². The quantitative estimate of drug-likeness (QED) is 0.622. The molecule has 4 rings (SSSR count).